The molecule has 2 fully saturated rings. The van der Waals surface area contributed by atoms with Crippen LogP contribution in [0, 0.1) is 28.6 Å². The summed E-state index contributed by atoms with van der Waals surface area (Å²) in [5.41, 5.74) is 2.96. The van der Waals surface area contributed by atoms with Gasteiger partial charge < -0.3 is 0 Å². The summed E-state index contributed by atoms with van der Waals surface area (Å²) in [6.07, 6.45) is 8.41. The van der Waals surface area contributed by atoms with Gasteiger partial charge in [0, 0.05) is 0 Å². The molecule has 1 spiro atoms. The van der Waals surface area contributed by atoms with E-state index in [0.29, 0.717) is 10.8 Å². The van der Waals surface area contributed by atoms with Gasteiger partial charge in [-0.1, -0.05) is 32.4 Å². The minimum Gasteiger partial charge on any atom is -0.0847 e. The van der Waals surface area contributed by atoms with Crippen molar-refractivity contribution in [1.29, 1.82) is 0 Å². The second kappa shape index (κ2) is 2.70. The maximum Gasteiger partial charge on any atom is -0.0146 e. The topological polar surface area (TPSA) is 0 Å². The number of hydrogen-bond acceptors (Lipinski definition) is 0. The molecule has 84 valence electrons. The lowest BCUT2D eigenvalue weighted by molar-refractivity contribution is 0.128. The van der Waals surface area contributed by atoms with E-state index in [4.69, 9.17) is 0 Å². The number of rotatable bonds is 0. The molecule has 0 saturated heterocycles. The third-order valence-electron chi connectivity index (χ3n) is 6.30. The average molecular weight is 204 g/mol. The largest absolute Gasteiger partial charge is 0.0847 e. The first-order valence-corrected chi connectivity index (χ1v) is 6.65. The van der Waals surface area contributed by atoms with Crippen molar-refractivity contribution in [2.24, 2.45) is 28.6 Å². The summed E-state index contributed by atoms with van der Waals surface area (Å²) >= 11 is 0. The zero-order valence-electron chi connectivity index (χ0n) is 10.6. The highest BCUT2D eigenvalue weighted by Gasteiger charge is 2.62. The van der Waals surface area contributed by atoms with Gasteiger partial charge in [-0.3, -0.25) is 0 Å². The van der Waals surface area contributed by atoms with Crippen LogP contribution in [-0.4, -0.2) is 0 Å². The molecule has 15 heavy (non-hydrogen) atoms. The predicted octanol–water partition coefficient (Wildman–Crippen LogP) is 4.42. The quantitative estimate of drug-likeness (QED) is 0.513. The van der Waals surface area contributed by atoms with E-state index >= 15 is 0 Å². The SMILES string of the molecule is CC1=CC[C@@]23C[C@H]1C(C)(C)[C@@H]2CC[C@@H]3C. The van der Waals surface area contributed by atoms with Gasteiger partial charge in [-0.25, -0.2) is 0 Å². The van der Waals surface area contributed by atoms with Crippen LogP contribution in [0.5, 0.6) is 0 Å². The van der Waals surface area contributed by atoms with Crippen molar-refractivity contribution >= 4 is 0 Å². The Kier molecular flexibility index (Phi) is 1.79. The van der Waals surface area contributed by atoms with Crippen molar-refractivity contribution in [3.8, 4) is 0 Å². The van der Waals surface area contributed by atoms with Crippen molar-refractivity contribution in [3.63, 3.8) is 0 Å². The number of hydrogen-bond donors (Lipinski definition) is 0. The number of fused-ring (bicyclic) bond motifs is 1. The standard InChI is InChI=1S/C15H24/c1-10-7-8-15-9-12(10)14(3,4)13(15)6-5-11(15)2/h7,11-13H,5-6,8-9H2,1-4H3/t11-,12+,13-,15-/m0/s1. The predicted molar refractivity (Wildman–Crippen MR) is 64.6 cm³/mol. The third-order valence-corrected chi connectivity index (χ3v) is 6.30. The molecular formula is C15H24. The molecule has 0 aromatic carbocycles. The summed E-state index contributed by atoms with van der Waals surface area (Å²) in [4.78, 5) is 0. The van der Waals surface area contributed by atoms with E-state index in [9.17, 15) is 0 Å². The lowest BCUT2D eigenvalue weighted by atomic mass is 9.68. The molecule has 4 atom stereocenters. The zero-order chi connectivity index (χ0) is 10.8. The highest BCUT2D eigenvalue weighted by Crippen LogP contribution is 2.71. The summed E-state index contributed by atoms with van der Waals surface area (Å²) in [7, 11) is 0. The third kappa shape index (κ3) is 0.990. The minimum atomic E-state index is 0.571. The van der Waals surface area contributed by atoms with Gasteiger partial charge >= 0.3 is 0 Å². The average Bonchev–Trinajstić information content (AvgIpc) is 2.57. The van der Waals surface area contributed by atoms with Crippen LogP contribution < -0.4 is 0 Å². The molecule has 0 N–H and O–H groups in total. The lowest BCUT2D eigenvalue weighted by Crippen LogP contribution is -2.30. The molecule has 0 heterocycles. The Bertz CT molecular complexity index is 323. The van der Waals surface area contributed by atoms with Crippen molar-refractivity contribution in [2.75, 3.05) is 0 Å². The Labute approximate surface area is 94.1 Å². The Hall–Kier alpha value is -0.260. The molecule has 3 rings (SSSR count). The van der Waals surface area contributed by atoms with E-state index in [2.05, 4.69) is 33.8 Å². The molecule has 0 unspecified atom stereocenters. The summed E-state index contributed by atoms with van der Waals surface area (Å²) in [6.45, 7) is 9.94. The fourth-order valence-electron chi connectivity index (χ4n) is 5.35. The Morgan fingerprint density at radius 3 is 2.73 bits per heavy atom. The van der Waals surface area contributed by atoms with Crippen LogP contribution >= 0.6 is 0 Å². The molecule has 3 aliphatic rings. The second-order valence-corrected chi connectivity index (χ2v) is 6.99. The molecule has 0 amide bonds. The first-order chi connectivity index (χ1) is 6.98. The molecule has 0 heteroatoms. The maximum atomic E-state index is 2.57. The van der Waals surface area contributed by atoms with Crippen LogP contribution in [0.25, 0.3) is 0 Å². The van der Waals surface area contributed by atoms with Gasteiger partial charge in [0.15, 0.2) is 0 Å². The Balaban J connectivity index is 2.11. The zero-order valence-corrected chi connectivity index (χ0v) is 10.6. The van der Waals surface area contributed by atoms with Crippen molar-refractivity contribution < 1.29 is 0 Å². The molecule has 2 bridgehead atoms. The van der Waals surface area contributed by atoms with Crippen LogP contribution in [0.15, 0.2) is 11.6 Å². The maximum absolute atomic E-state index is 2.57. The molecule has 0 aromatic heterocycles. The van der Waals surface area contributed by atoms with E-state index in [1.165, 1.54) is 25.7 Å². The summed E-state index contributed by atoms with van der Waals surface area (Å²) in [6, 6.07) is 0. The fourth-order valence-corrected chi connectivity index (χ4v) is 5.35. The van der Waals surface area contributed by atoms with E-state index in [1.807, 2.05) is 0 Å². The van der Waals surface area contributed by atoms with Crippen LogP contribution in [0.3, 0.4) is 0 Å². The molecule has 3 aliphatic carbocycles. The smallest absolute Gasteiger partial charge is 0.0146 e. The minimum absolute atomic E-state index is 0.571. The van der Waals surface area contributed by atoms with Crippen LogP contribution in [-0.2, 0) is 0 Å². The van der Waals surface area contributed by atoms with E-state index in [1.54, 1.807) is 5.57 Å². The molecule has 0 nitrogen and oxygen atoms in total. The van der Waals surface area contributed by atoms with Gasteiger partial charge in [0.05, 0.1) is 0 Å². The monoisotopic (exact) mass is 204 g/mol. The Morgan fingerprint density at radius 1 is 1.27 bits per heavy atom. The lowest BCUT2D eigenvalue weighted by Gasteiger charge is -2.36. The van der Waals surface area contributed by atoms with E-state index < -0.39 is 0 Å². The van der Waals surface area contributed by atoms with Gasteiger partial charge in [0.25, 0.3) is 0 Å². The number of allylic oxidation sites excluding steroid dienone is 2. The van der Waals surface area contributed by atoms with Crippen molar-refractivity contribution in [2.45, 2.75) is 53.4 Å². The van der Waals surface area contributed by atoms with Gasteiger partial charge in [0.1, 0.15) is 0 Å². The van der Waals surface area contributed by atoms with E-state index in [-0.39, 0.29) is 0 Å². The van der Waals surface area contributed by atoms with E-state index in [0.717, 1.165) is 17.8 Å². The van der Waals surface area contributed by atoms with Gasteiger partial charge in [-0.05, 0) is 61.2 Å². The van der Waals surface area contributed by atoms with Crippen LogP contribution in [0.4, 0.5) is 0 Å². The van der Waals surface area contributed by atoms with Gasteiger partial charge in [0.2, 0.25) is 0 Å². The molecule has 2 saturated carbocycles. The Morgan fingerprint density at radius 2 is 2.00 bits per heavy atom. The normalized spacial score (nSPS) is 51.5. The molecule has 0 aromatic rings. The van der Waals surface area contributed by atoms with Crippen molar-refractivity contribution in [1.82, 2.24) is 0 Å². The van der Waals surface area contributed by atoms with Gasteiger partial charge in [-0.2, -0.15) is 0 Å². The van der Waals surface area contributed by atoms with Crippen LogP contribution in [0.2, 0.25) is 0 Å². The molecular weight excluding hydrogens is 180 g/mol. The van der Waals surface area contributed by atoms with Crippen molar-refractivity contribution in [3.05, 3.63) is 11.6 Å². The first-order valence-electron chi connectivity index (χ1n) is 6.65. The highest BCUT2D eigenvalue weighted by atomic mass is 14.7. The second-order valence-electron chi connectivity index (χ2n) is 6.99. The molecule has 0 aliphatic heterocycles. The first kappa shape index (κ1) is 9.93. The summed E-state index contributed by atoms with van der Waals surface area (Å²) < 4.78 is 0. The van der Waals surface area contributed by atoms with Crippen LogP contribution in [0.1, 0.15) is 53.4 Å². The van der Waals surface area contributed by atoms with Gasteiger partial charge in [-0.15, -0.1) is 0 Å². The summed E-state index contributed by atoms with van der Waals surface area (Å²) in [5, 5.41) is 0. The molecule has 0 radical (unpaired) electrons. The fraction of sp³-hybridized carbons (Fsp3) is 0.867. The summed E-state index contributed by atoms with van der Waals surface area (Å²) in [5.74, 6) is 2.86. The highest BCUT2D eigenvalue weighted by molar-refractivity contribution is 5.25.